The lowest BCUT2D eigenvalue weighted by atomic mass is 9.53. The Bertz CT molecular complexity index is 2510. The van der Waals surface area contributed by atoms with Gasteiger partial charge >= 0.3 is 41.8 Å². The van der Waals surface area contributed by atoms with Gasteiger partial charge < -0.3 is 43.0 Å². The molecule has 16 heteroatoms. The Morgan fingerprint density at radius 3 is 1.39 bits per heavy atom. The molecule has 1 N–H and O–H groups in total. The second-order valence-corrected chi connectivity index (χ2v) is 32.6. The molecule has 9 aliphatic carbocycles. The summed E-state index contributed by atoms with van der Waals surface area (Å²) < 4.78 is 44.1. The van der Waals surface area contributed by atoms with Crippen LogP contribution in [0.1, 0.15) is 340 Å². The fourth-order valence-electron chi connectivity index (χ4n) is 17.2. The minimum absolute atomic E-state index is 0. The molecule has 13 fully saturated rings. The molecule has 0 aromatic carbocycles. The van der Waals surface area contributed by atoms with Crippen LogP contribution >= 0.6 is 0 Å². The maximum atomic E-state index is 12.7. The zero-order valence-corrected chi connectivity index (χ0v) is 57.3. The zero-order valence-electron chi connectivity index (χ0n) is 57.3. The van der Waals surface area contributed by atoms with Gasteiger partial charge in [-0.1, -0.05) is 123 Å². The highest BCUT2D eigenvalue weighted by atomic mass is 16.7. The van der Waals surface area contributed by atoms with Crippen molar-refractivity contribution in [3.05, 3.63) is 0 Å². The summed E-state index contributed by atoms with van der Waals surface area (Å²) in [5, 5.41) is 10.9. The highest BCUT2D eigenvalue weighted by Crippen LogP contribution is 2.71. The first kappa shape index (κ1) is 98.4. The van der Waals surface area contributed by atoms with E-state index in [0.717, 1.165) is 107 Å². The Labute approximate surface area is 601 Å². The molecule has 0 spiro atoms. The molecule has 13 rings (SSSR count). The Morgan fingerprint density at radius 2 is 0.939 bits per heavy atom. The van der Waals surface area contributed by atoms with Crippen LogP contribution in [0.25, 0.3) is 0 Å². The summed E-state index contributed by atoms with van der Waals surface area (Å²) in [6.45, 7) is 33.9. The fourth-order valence-corrected chi connectivity index (χ4v) is 17.2. The van der Waals surface area contributed by atoms with Crippen molar-refractivity contribution in [3.63, 3.8) is 0 Å². The molecule has 10 bridgehead atoms. The van der Waals surface area contributed by atoms with Gasteiger partial charge in [-0.25, -0.2) is 4.79 Å². The first-order valence-corrected chi connectivity index (χ1v) is 35.0. The van der Waals surface area contributed by atoms with Crippen molar-refractivity contribution in [3.8, 4) is 0 Å². The highest BCUT2D eigenvalue weighted by Gasteiger charge is 2.69. The number of hydrogen-bond donors (Lipinski definition) is 1. The minimum Gasteiger partial charge on any atom is -0.463 e. The highest BCUT2D eigenvalue weighted by molar-refractivity contribution is 5.83. The van der Waals surface area contributed by atoms with Crippen molar-refractivity contribution in [1.29, 1.82) is 0 Å². The van der Waals surface area contributed by atoms with Gasteiger partial charge in [-0.2, -0.15) is 0 Å². The maximum absolute atomic E-state index is 12.7. The Morgan fingerprint density at radius 1 is 0.480 bits per heavy atom. The lowest BCUT2D eigenvalue weighted by Crippen LogP contribution is -2.62. The van der Waals surface area contributed by atoms with Crippen LogP contribution < -0.4 is 0 Å². The average Bonchev–Trinajstić information content (AvgIpc) is 1.51. The van der Waals surface area contributed by atoms with Crippen LogP contribution in [0.5, 0.6) is 0 Å². The zero-order chi connectivity index (χ0) is 64.9. The number of carbonyl (C=O) groups excluding carboxylic acids is 7. The monoisotopic (exact) mass is 1400 g/mol. The molecule has 0 aromatic heterocycles. The van der Waals surface area contributed by atoms with Gasteiger partial charge in [0, 0.05) is 12.3 Å². The Balaban J connectivity index is -0.00000113. The smallest absolute Gasteiger partial charge is 0.347 e. The third kappa shape index (κ3) is 19.9. The number of aliphatic hydroxyl groups is 1. The van der Waals surface area contributed by atoms with Crippen molar-refractivity contribution < 1.29 is 76.6 Å². The van der Waals surface area contributed by atoms with Gasteiger partial charge in [0.1, 0.15) is 29.0 Å². The molecule has 9 saturated carbocycles. The van der Waals surface area contributed by atoms with Crippen molar-refractivity contribution in [1.82, 2.24) is 0 Å². The van der Waals surface area contributed by atoms with Gasteiger partial charge in [-0.05, 0) is 258 Å². The standard InChI is InChI=1S/C20H32O2.C16H26O3.C13H18O5.C13H24O2.C10H16O4.10CH4/c1-5-19(3,4)18(21)22-20(6-2)11-14-10-15(20)17-13-8-7-12(9-13)16(14)17;1-4-15(2,3)14(17)19-13-12-6-10-5-11(7-12)9-16(13,18)8-10;1-4-13(2,3)12(15)18-9-7-5-6-8(16-7)10(9)17-11(6)14;1-5-12(3,4)11(14)15-13(6-2)9-7-8-10-13;1-4-10(2,3)9(12)14-7-5-6-13-8(7)11;;;;;;;;;;/h12-17H,5-11H2,1-4H3;10-13,18H,4-9H2,1-3H3;6-10H,4-5H2,1-3H3;5-10H2,1-4H3;7H,4-6H2,1-3H3;10*1H4. The molecule has 0 aromatic rings. The van der Waals surface area contributed by atoms with E-state index in [4.69, 9.17) is 37.9 Å². The van der Waals surface area contributed by atoms with Crippen LogP contribution in [-0.4, -0.2) is 107 Å². The molecule has 16 unspecified atom stereocenters. The number of carbonyl (C=O) groups is 7. The lowest BCUT2D eigenvalue weighted by molar-refractivity contribution is -0.227. The third-order valence-corrected chi connectivity index (χ3v) is 25.0. The largest absolute Gasteiger partial charge is 0.463 e. The van der Waals surface area contributed by atoms with E-state index in [-0.39, 0.29) is 156 Å². The van der Waals surface area contributed by atoms with E-state index in [2.05, 4.69) is 20.8 Å². The van der Waals surface area contributed by atoms with Crippen LogP contribution in [0.4, 0.5) is 0 Å². The molecule has 4 heterocycles. The molecule has 4 saturated heterocycles. The van der Waals surface area contributed by atoms with Gasteiger partial charge in [0.15, 0.2) is 12.2 Å². The summed E-state index contributed by atoms with van der Waals surface area (Å²) in [5.74, 6) is 5.62. The van der Waals surface area contributed by atoms with E-state index < -0.39 is 46.1 Å². The van der Waals surface area contributed by atoms with Crippen molar-refractivity contribution in [2.75, 3.05) is 6.61 Å². The van der Waals surface area contributed by atoms with Crippen LogP contribution in [0.3, 0.4) is 0 Å². The van der Waals surface area contributed by atoms with Crippen molar-refractivity contribution in [2.45, 2.75) is 393 Å². The molecule has 0 amide bonds. The van der Waals surface area contributed by atoms with Gasteiger partial charge in [0.2, 0.25) is 6.10 Å². The van der Waals surface area contributed by atoms with Gasteiger partial charge in [0.05, 0.1) is 45.7 Å². The van der Waals surface area contributed by atoms with Crippen LogP contribution in [0.15, 0.2) is 0 Å². The molecule has 16 nitrogen and oxygen atoms in total. The predicted octanol–water partition coefficient (Wildman–Crippen LogP) is 20.1. The maximum Gasteiger partial charge on any atom is 0.347 e. The number of esters is 7. The number of cyclic esters (lactones) is 1. The van der Waals surface area contributed by atoms with E-state index in [9.17, 15) is 38.7 Å². The van der Waals surface area contributed by atoms with Crippen LogP contribution in [0.2, 0.25) is 0 Å². The Kier molecular flexibility index (Phi) is 37.7. The van der Waals surface area contributed by atoms with Crippen molar-refractivity contribution >= 4 is 41.8 Å². The minimum atomic E-state index is -0.728. The second-order valence-electron chi connectivity index (χ2n) is 32.6. The third-order valence-electron chi connectivity index (χ3n) is 25.0. The van der Waals surface area contributed by atoms with Crippen LogP contribution in [0, 0.1) is 86.3 Å². The summed E-state index contributed by atoms with van der Waals surface area (Å²) in [7, 11) is 0. The summed E-state index contributed by atoms with van der Waals surface area (Å²) in [6.07, 6.45) is 21.5. The van der Waals surface area contributed by atoms with E-state index in [1.165, 1.54) is 44.9 Å². The summed E-state index contributed by atoms with van der Waals surface area (Å²) in [5.41, 5.74) is -3.13. The van der Waals surface area contributed by atoms with E-state index >= 15 is 0 Å². The topological polar surface area (TPSA) is 214 Å². The summed E-state index contributed by atoms with van der Waals surface area (Å²) in [6, 6.07) is 0. The number of fused-ring (bicyclic) bond motifs is 10. The van der Waals surface area contributed by atoms with Gasteiger partial charge in [-0.15, -0.1) is 0 Å². The van der Waals surface area contributed by atoms with E-state index in [0.29, 0.717) is 56.0 Å². The van der Waals surface area contributed by atoms with Crippen molar-refractivity contribution in [2.24, 2.45) is 86.3 Å². The lowest BCUT2D eigenvalue weighted by Gasteiger charge is -2.58. The van der Waals surface area contributed by atoms with Gasteiger partial charge in [-0.3, -0.25) is 28.8 Å². The molecular formula is C82H156O16. The van der Waals surface area contributed by atoms with Crippen LogP contribution in [-0.2, 0) is 71.5 Å². The quantitative estimate of drug-likeness (QED) is 0.0814. The first-order chi connectivity index (χ1) is 41.1. The summed E-state index contributed by atoms with van der Waals surface area (Å²) in [4.78, 5) is 83.2. The predicted molar refractivity (Wildman–Crippen MR) is 399 cm³/mol. The molecule has 16 atom stereocenters. The number of rotatable bonds is 17. The molecule has 13 aliphatic rings. The normalized spacial score (nSPS) is 33.3. The molecule has 0 radical (unpaired) electrons. The molecule has 580 valence electrons. The van der Waals surface area contributed by atoms with E-state index in [1.807, 2.05) is 83.1 Å². The van der Waals surface area contributed by atoms with E-state index in [1.54, 1.807) is 13.8 Å². The number of ether oxygens (including phenoxy) is 8. The molecule has 98 heavy (non-hydrogen) atoms. The van der Waals surface area contributed by atoms with Gasteiger partial charge in [0.25, 0.3) is 0 Å². The Hall–Kier alpha value is -3.79. The molecular weight excluding hydrogens is 1240 g/mol. The second kappa shape index (κ2) is 37.6. The first-order valence-electron chi connectivity index (χ1n) is 35.0. The number of hydrogen-bond acceptors (Lipinski definition) is 16. The SMILES string of the molecule is C.C.C.C.C.C.C.C.C.C.CCC(C)(C)C(=O)OC1(CC)CC2CC1C1C3CCC(C3)C21.CCC(C)(C)C(=O)OC1C2CC3C(=O)OC1C3O2.CCC(C)(C)C(=O)OC1C2CC3CC(C2)CC1(O)C3.CCC(C)(C)C(=O)OC1CCOC1=O.CCC1(OC(=O)C(C)(C)CC)CCCC1. The summed E-state index contributed by atoms with van der Waals surface area (Å²) >= 11 is 0. The average molecular weight is 1400 g/mol. The molecule has 4 aliphatic heterocycles. The fraction of sp³-hybridized carbons (Fsp3) is 0.915.